The first kappa shape index (κ1) is 37.1. The Morgan fingerprint density at radius 2 is 1.28 bits per heavy atom. The summed E-state index contributed by atoms with van der Waals surface area (Å²) in [6.07, 6.45) is 16.5. The molecule has 0 saturated heterocycles. The molecule has 36 heavy (non-hydrogen) atoms. The molecular formula is C29H59NO6. The molecule has 7 nitrogen and oxygen atoms in total. The van der Waals surface area contributed by atoms with E-state index in [-0.39, 0.29) is 12.1 Å². The maximum atomic E-state index is 12.4. The van der Waals surface area contributed by atoms with Gasteiger partial charge in [0.1, 0.15) is 12.4 Å². The number of ether oxygens (including phenoxy) is 3. The topological polar surface area (TPSA) is 85.3 Å². The van der Waals surface area contributed by atoms with Crippen LogP contribution >= 0.6 is 0 Å². The van der Waals surface area contributed by atoms with Crippen molar-refractivity contribution in [3.8, 4) is 0 Å². The summed E-state index contributed by atoms with van der Waals surface area (Å²) in [5.74, 6) is -0.139. The average Bonchev–Trinajstić information content (AvgIpc) is 2.90. The van der Waals surface area contributed by atoms with Crippen molar-refractivity contribution in [2.75, 3.05) is 53.2 Å². The molecule has 0 aliphatic carbocycles. The van der Waals surface area contributed by atoms with E-state index in [1.807, 2.05) is 0 Å². The van der Waals surface area contributed by atoms with Gasteiger partial charge in [0.05, 0.1) is 13.2 Å². The molecule has 0 fully saturated rings. The summed E-state index contributed by atoms with van der Waals surface area (Å²) in [4.78, 5) is 25.2. The van der Waals surface area contributed by atoms with Crippen molar-refractivity contribution in [1.29, 1.82) is 0 Å². The van der Waals surface area contributed by atoms with Crippen LogP contribution in [-0.4, -0.2) is 81.5 Å². The second-order valence-corrected chi connectivity index (χ2v) is 9.29. The van der Waals surface area contributed by atoms with Crippen molar-refractivity contribution >= 4 is 12.3 Å². The summed E-state index contributed by atoms with van der Waals surface area (Å²) in [5.41, 5.74) is 0. The SMILES string of the molecule is CCCCCCOCC(COCCCCCC)OC(=O)CCCCCCCN(CC)CCC=O.CO. The molecule has 216 valence electrons. The molecule has 0 aliphatic heterocycles. The van der Waals surface area contributed by atoms with E-state index < -0.39 is 0 Å². The smallest absolute Gasteiger partial charge is 0.306 e. The lowest BCUT2D eigenvalue weighted by atomic mass is 10.1. The number of hydrogen-bond donors (Lipinski definition) is 1. The third-order valence-electron chi connectivity index (χ3n) is 6.06. The van der Waals surface area contributed by atoms with Crippen LogP contribution in [0.3, 0.4) is 0 Å². The summed E-state index contributed by atoms with van der Waals surface area (Å²) in [5, 5.41) is 7.00. The van der Waals surface area contributed by atoms with Gasteiger partial charge in [0, 0.05) is 39.7 Å². The first-order valence-electron chi connectivity index (χ1n) is 14.6. The molecule has 0 bridgehead atoms. The fraction of sp³-hybridized carbons (Fsp3) is 0.931. The van der Waals surface area contributed by atoms with Crippen molar-refractivity contribution in [3.63, 3.8) is 0 Å². The Bertz CT molecular complexity index is 433. The van der Waals surface area contributed by atoms with Gasteiger partial charge in [0.25, 0.3) is 0 Å². The Kier molecular flexibility index (Phi) is 33.0. The van der Waals surface area contributed by atoms with Crippen LogP contribution in [0.2, 0.25) is 0 Å². The number of esters is 1. The van der Waals surface area contributed by atoms with Gasteiger partial charge < -0.3 is 29.0 Å². The number of carbonyl (C=O) groups excluding carboxylic acids is 2. The van der Waals surface area contributed by atoms with Crippen LogP contribution in [-0.2, 0) is 23.8 Å². The number of rotatable bonds is 27. The molecule has 0 aromatic rings. The quantitative estimate of drug-likeness (QED) is 0.0818. The number of hydrogen-bond acceptors (Lipinski definition) is 7. The number of aldehydes is 1. The van der Waals surface area contributed by atoms with E-state index in [0.29, 0.717) is 26.1 Å². The largest absolute Gasteiger partial charge is 0.457 e. The van der Waals surface area contributed by atoms with Gasteiger partial charge in [-0.2, -0.15) is 0 Å². The molecule has 0 aliphatic rings. The fourth-order valence-corrected chi connectivity index (χ4v) is 3.85. The van der Waals surface area contributed by atoms with Crippen molar-refractivity contribution < 1.29 is 28.9 Å². The average molecular weight is 518 g/mol. The predicted molar refractivity (Wildman–Crippen MR) is 148 cm³/mol. The molecule has 0 rings (SSSR count). The van der Waals surface area contributed by atoms with Crippen molar-refractivity contribution in [3.05, 3.63) is 0 Å². The molecule has 0 heterocycles. The molecular weight excluding hydrogens is 458 g/mol. The van der Waals surface area contributed by atoms with E-state index >= 15 is 0 Å². The molecule has 0 saturated carbocycles. The van der Waals surface area contributed by atoms with E-state index in [4.69, 9.17) is 19.3 Å². The fourth-order valence-electron chi connectivity index (χ4n) is 3.85. The first-order valence-corrected chi connectivity index (χ1v) is 14.6. The lowest BCUT2D eigenvalue weighted by Gasteiger charge is -2.19. The molecule has 0 aromatic carbocycles. The Morgan fingerprint density at radius 1 is 0.750 bits per heavy atom. The van der Waals surface area contributed by atoms with E-state index in [0.717, 1.165) is 91.2 Å². The molecule has 7 heteroatoms. The molecule has 0 spiro atoms. The maximum absolute atomic E-state index is 12.4. The lowest BCUT2D eigenvalue weighted by molar-refractivity contribution is -0.156. The van der Waals surface area contributed by atoms with Crippen molar-refractivity contribution in [1.82, 2.24) is 4.90 Å². The van der Waals surface area contributed by atoms with Crippen LogP contribution in [0.15, 0.2) is 0 Å². The Labute approximate surface area is 222 Å². The third kappa shape index (κ3) is 27.6. The summed E-state index contributed by atoms with van der Waals surface area (Å²) in [6.45, 7) is 11.7. The number of nitrogens with zero attached hydrogens (tertiary/aromatic N) is 1. The molecule has 0 radical (unpaired) electrons. The monoisotopic (exact) mass is 517 g/mol. The molecule has 1 N–H and O–H groups in total. The minimum atomic E-state index is -0.309. The zero-order valence-corrected chi connectivity index (χ0v) is 24.1. The predicted octanol–water partition coefficient (Wildman–Crippen LogP) is 5.95. The molecule has 0 amide bonds. The van der Waals surface area contributed by atoms with E-state index in [2.05, 4.69) is 25.7 Å². The van der Waals surface area contributed by atoms with Gasteiger partial charge in [-0.1, -0.05) is 78.6 Å². The van der Waals surface area contributed by atoms with E-state index in [1.54, 1.807) is 0 Å². The number of aliphatic hydroxyl groups is 1. The Morgan fingerprint density at radius 3 is 1.81 bits per heavy atom. The van der Waals surface area contributed by atoms with Crippen LogP contribution in [0.25, 0.3) is 0 Å². The number of carbonyl (C=O) groups is 2. The number of unbranched alkanes of at least 4 members (excludes halogenated alkanes) is 10. The summed E-state index contributed by atoms with van der Waals surface area (Å²) in [6, 6.07) is 0. The highest BCUT2D eigenvalue weighted by atomic mass is 16.6. The second-order valence-electron chi connectivity index (χ2n) is 9.29. The zero-order chi connectivity index (χ0) is 27.1. The van der Waals surface area contributed by atoms with Crippen LogP contribution in [0, 0.1) is 0 Å². The standard InChI is InChI=1S/C28H55NO5.CH4O/c1-4-7-9-16-23-32-25-27(26-33-24-17-10-8-5-2)34-28(31)19-14-12-11-13-15-20-29(6-3)21-18-22-30;1-2/h22,27H,4-21,23-26H2,1-3H3;2H,1H3. The van der Waals surface area contributed by atoms with Crippen molar-refractivity contribution in [2.45, 2.75) is 123 Å². The highest BCUT2D eigenvalue weighted by Gasteiger charge is 2.15. The van der Waals surface area contributed by atoms with Gasteiger partial charge >= 0.3 is 5.97 Å². The number of aliphatic hydroxyl groups excluding tert-OH is 1. The zero-order valence-electron chi connectivity index (χ0n) is 24.1. The highest BCUT2D eigenvalue weighted by molar-refractivity contribution is 5.69. The summed E-state index contributed by atoms with van der Waals surface area (Å²) < 4.78 is 17.3. The molecule has 0 unspecified atom stereocenters. The van der Waals surface area contributed by atoms with Crippen LogP contribution < -0.4 is 0 Å². The Balaban J connectivity index is 0. The minimum absolute atomic E-state index is 0.139. The first-order chi connectivity index (χ1) is 17.7. The van der Waals surface area contributed by atoms with Crippen LogP contribution in [0.5, 0.6) is 0 Å². The van der Waals surface area contributed by atoms with E-state index in [9.17, 15) is 9.59 Å². The van der Waals surface area contributed by atoms with Gasteiger partial charge in [0.15, 0.2) is 0 Å². The molecule has 0 aromatic heterocycles. The highest BCUT2D eigenvalue weighted by Crippen LogP contribution is 2.09. The van der Waals surface area contributed by atoms with Gasteiger partial charge in [-0.3, -0.25) is 4.79 Å². The van der Waals surface area contributed by atoms with Crippen LogP contribution in [0.1, 0.15) is 117 Å². The van der Waals surface area contributed by atoms with Gasteiger partial charge in [0.2, 0.25) is 0 Å². The van der Waals surface area contributed by atoms with Gasteiger partial charge in [-0.15, -0.1) is 0 Å². The van der Waals surface area contributed by atoms with Gasteiger partial charge in [-0.05, 0) is 38.8 Å². The summed E-state index contributed by atoms with van der Waals surface area (Å²) >= 11 is 0. The molecule has 0 atom stereocenters. The lowest BCUT2D eigenvalue weighted by Crippen LogP contribution is -2.29. The van der Waals surface area contributed by atoms with E-state index in [1.165, 1.54) is 38.5 Å². The van der Waals surface area contributed by atoms with Crippen molar-refractivity contribution in [2.24, 2.45) is 0 Å². The third-order valence-corrected chi connectivity index (χ3v) is 6.06. The minimum Gasteiger partial charge on any atom is -0.457 e. The maximum Gasteiger partial charge on any atom is 0.306 e. The Hall–Kier alpha value is -1.02. The van der Waals surface area contributed by atoms with Crippen LogP contribution in [0.4, 0.5) is 0 Å². The summed E-state index contributed by atoms with van der Waals surface area (Å²) in [7, 11) is 1.00. The second kappa shape index (κ2) is 32.0. The normalized spacial score (nSPS) is 11.0. The van der Waals surface area contributed by atoms with Gasteiger partial charge in [-0.25, -0.2) is 0 Å².